The lowest BCUT2D eigenvalue weighted by Gasteiger charge is -2.14. The highest BCUT2D eigenvalue weighted by molar-refractivity contribution is 5.46. The van der Waals surface area contributed by atoms with Crippen molar-refractivity contribution in [1.29, 1.82) is 0 Å². The molecule has 1 aliphatic rings. The first-order valence-corrected chi connectivity index (χ1v) is 6.18. The Kier molecular flexibility index (Phi) is 4.31. The highest BCUT2D eigenvalue weighted by Gasteiger charge is 2.27. The van der Waals surface area contributed by atoms with E-state index in [9.17, 15) is 13.2 Å². The molecule has 0 aliphatic carbocycles. The molecule has 1 heterocycles. The van der Waals surface area contributed by atoms with E-state index in [-0.39, 0.29) is 6.61 Å². The number of anilines is 1. The monoisotopic (exact) mass is 274 g/mol. The number of nitrogen functional groups attached to an aromatic ring is 1. The molecule has 0 radical (unpaired) electrons. The van der Waals surface area contributed by atoms with Gasteiger partial charge in [0.1, 0.15) is 6.61 Å². The molecule has 0 aromatic heterocycles. The Morgan fingerprint density at radius 2 is 1.95 bits per heavy atom. The van der Waals surface area contributed by atoms with Crippen LogP contribution in [0.15, 0.2) is 18.2 Å². The summed E-state index contributed by atoms with van der Waals surface area (Å²) in [6.07, 6.45) is -3.64. The van der Waals surface area contributed by atoms with Gasteiger partial charge in [0, 0.05) is 31.9 Å². The van der Waals surface area contributed by atoms with Crippen molar-refractivity contribution in [2.24, 2.45) is 0 Å². The fourth-order valence-electron chi connectivity index (χ4n) is 2.22. The highest BCUT2D eigenvalue weighted by atomic mass is 19.4. The van der Waals surface area contributed by atoms with Crippen molar-refractivity contribution in [3.63, 3.8) is 0 Å². The highest BCUT2D eigenvalue weighted by Crippen LogP contribution is 2.24. The molecule has 0 spiro atoms. The first-order chi connectivity index (χ1) is 8.94. The van der Waals surface area contributed by atoms with Crippen LogP contribution in [0, 0.1) is 0 Å². The summed E-state index contributed by atoms with van der Waals surface area (Å²) in [5.41, 5.74) is 8.90. The summed E-state index contributed by atoms with van der Waals surface area (Å²) in [4.78, 5) is 2.18. The number of hydrogen-bond donors (Lipinski definition) is 1. The Morgan fingerprint density at radius 3 is 2.68 bits per heavy atom. The summed E-state index contributed by atoms with van der Waals surface area (Å²) >= 11 is 0. The number of alkyl halides is 3. The molecule has 0 atom stereocenters. The second-order valence-corrected chi connectivity index (χ2v) is 4.76. The van der Waals surface area contributed by atoms with Gasteiger partial charge < -0.3 is 10.5 Å². The standard InChI is InChI=1S/C13H17F3N2O/c14-13(15,16)9-19-5-1-4-18-7-10-2-3-12(17)6-11(10)8-18/h2-3,6H,1,4-5,7-9,17H2. The Labute approximate surface area is 110 Å². The average Bonchev–Trinajstić information content (AvgIpc) is 2.68. The van der Waals surface area contributed by atoms with E-state index in [0.29, 0.717) is 6.42 Å². The van der Waals surface area contributed by atoms with Crippen LogP contribution in [-0.4, -0.2) is 30.8 Å². The molecule has 0 amide bonds. The molecular formula is C13H17F3N2O. The van der Waals surface area contributed by atoms with Crippen LogP contribution in [0.4, 0.5) is 18.9 Å². The zero-order valence-corrected chi connectivity index (χ0v) is 10.5. The molecule has 0 saturated carbocycles. The van der Waals surface area contributed by atoms with Crippen molar-refractivity contribution < 1.29 is 17.9 Å². The summed E-state index contributed by atoms with van der Waals surface area (Å²) in [6, 6.07) is 5.83. The second kappa shape index (κ2) is 5.79. The molecule has 1 aromatic carbocycles. The van der Waals surface area contributed by atoms with Crippen LogP contribution in [0.3, 0.4) is 0 Å². The topological polar surface area (TPSA) is 38.5 Å². The molecule has 3 nitrogen and oxygen atoms in total. The quantitative estimate of drug-likeness (QED) is 0.662. The Balaban J connectivity index is 1.67. The Morgan fingerprint density at radius 1 is 1.21 bits per heavy atom. The number of benzene rings is 1. The maximum absolute atomic E-state index is 11.9. The molecule has 0 bridgehead atoms. The Hall–Kier alpha value is -1.27. The zero-order valence-electron chi connectivity index (χ0n) is 10.5. The smallest absolute Gasteiger partial charge is 0.399 e. The van der Waals surface area contributed by atoms with E-state index < -0.39 is 12.8 Å². The van der Waals surface area contributed by atoms with Gasteiger partial charge in [-0.25, -0.2) is 0 Å². The predicted molar refractivity (Wildman–Crippen MR) is 66.5 cm³/mol. The Bertz CT molecular complexity index is 434. The largest absolute Gasteiger partial charge is 0.411 e. The molecule has 106 valence electrons. The maximum Gasteiger partial charge on any atom is 0.411 e. The van der Waals surface area contributed by atoms with Gasteiger partial charge in [-0.1, -0.05) is 6.07 Å². The van der Waals surface area contributed by atoms with Crippen LogP contribution < -0.4 is 5.73 Å². The molecule has 6 heteroatoms. The SMILES string of the molecule is Nc1ccc2c(c1)CN(CCCOCC(F)(F)F)C2. The minimum absolute atomic E-state index is 0.133. The molecule has 1 aliphatic heterocycles. The fraction of sp³-hybridized carbons (Fsp3) is 0.538. The second-order valence-electron chi connectivity index (χ2n) is 4.76. The molecule has 1 aromatic rings. The third kappa shape index (κ3) is 4.40. The predicted octanol–water partition coefficient (Wildman–Crippen LogP) is 2.55. The van der Waals surface area contributed by atoms with Crippen molar-refractivity contribution in [3.05, 3.63) is 29.3 Å². The number of rotatable bonds is 5. The molecule has 0 unspecified atom stereocenters. The van der Waals surface area contributed by atoms with E-state index in [0.717, 1.165) is 25.3 Å². The number of fused-ring (bicyclic) bond motifs is 1. The molecule has 0 fully saturated rings. The van der Waals surface area contributed by atoms with Crippen LogP contribution >= 0.6 is 0 Å². The van der Waals surface area contributed by atoms with E-state index in [1.165, 1.54) is 11.1 Å². The zero-order chi connectivity index (χ0) is 13.9. The summed E-state index contributed by atoms with van der Waals surface area (Å²) in [7, 11) is 0. The number of hydrogen-bond acceptors (Lipinski definition) is 3. The van der Waals surface area contributed by atoms with Gasteiger partial charge in [0.15, 0.2) is 0 Å². The maximum atomic E-state index is 11.9. The van der Waals surface area contributed by atoms with E-state index in [1.807, 2.05) is 18.2 Å². The van der Waals surface area contributed by atoms with Crippen molar-refractivity contribution in [1.82, 2.24) is 4.90 Å². The molecule has 19 heavy (non-hydrogen) atoms. The van der Waals surface area contributed by atoms with Gasteiger partial charge in [-0.05, 0) is 29.7 Å². The summed E-state index contributed by atoms with van der Waals surface area (Å²) in [5.74, 6) is 0. The van der Waals surface area contributed by atoms with Crippen LogP contribution in [0.2, 0.25) is 0 Å². The van der Waals surface area contributed by atoms with E-state index >= 15 is 0 Å². The minimum Gasteiger partial charge on any atom is -0.399 e. The molecule has 2 rings (SSSR count). The summed E-state index contributed by atoms with van der Waals surface area (Å²) in [5, 5.41) is 0. The van der Waals surface area contributed by atoms with Gasteiger partial charge >= 0.3 is 6.18 Å². The van der Waals surface area contributed by atoms with Gasteiger partial charge in [-0.15, -0.1) is 0 Å². The molecule has 2 N–H and O–H groups in total. The van der Waals surface area contributed by atoms with Crippen molar-refractivity contribution in [3.8, 4) is 0 Å². The van der Waals surface area contributed by atoms with E-state index in [2.05, 4.69) is 9.64 Å². The lowest BCUT2D eigenvalue weighted by atomic mass is 10.1. The van der Waals surface area contributed by atoms with Gasteiger partial charge in [0.25, 0.3) is 0 Å². The van der Waals surface area contributed by atoms with E-state index in [1.54, 1.807) is 0 Å². The van der Waals surface area contributed by atoms with Crippen LogP contribution in [0.25, 0.3) is 0 Å². The van der Waals surface area contributed by atoms with Crippen molar-refractivity contribution in [2.45, 2.75) is 25.7 Å². The third-order valence-corrected chi connectivity index (χ3v) is 3.05. The number of halogens is 3. The van der Waals surface area contributed by atoms with Gasteiger partial charge in [-0.3, -0.25) is 4.90 Å². The molecule has 0 saturated heterocycles. The summed E-state index contributed by atoms with van der Waals surface area (Å²) < 4.78 is 40.1. The summed E-state index contributed by atoms with van der Waals surface area (Å²) in [6.45, 7) is 1.33. The minimum atomic E-state index is -4.23. The average molecular weight is 274 g/mol. The van der Waals surface area contributed by atoms with Crippen LogP contribution in [0.5, 0.6) is 0 Å². The van der Waals surface area contributed by atoms with Crippen LogP contribution in [-0.2, 0) is 17.8 Å². The normalized spacial score (nSPS) is 15.7. The molecular weight excluding hydrogens is 257 g/mol. The van der Waals surface area contributed by atoms with Gasteiger partial charge in [0.2, 0.25) is 0 Å². The first-order valence-electron chi connectivity index (χ1n) is 6.18. The van der Waals surface area contributed by atoms with Gasteiger partial charge in [-0.2, -0.15) is 13.2 Å². The number of ether oxygens (including phenoxy) is 1. The number of nitrogens with two attached hydrogens (primary N) is 1. The van der Waals surface area contributed by atoms with Crippen molar-refractivity contribution >= 4 is 5.69 Å². The third-order valence-electron chi connectivity index (χ3n) is 3.05. The first kappa shape index (κ1) is 14.1. The fourth-order valence-corrected chi connectivity index (χ4v) is 2.22. The van der Waals surface area contributed by atoms with E-state index in [4.69, 9.17) is 5.73 Å². The lowest BCUT2D eigenvalue weighted by Crippen LogP contribution is -2.21. The van der Waals surface area contributed by atoms with Crippen LogP contribution in [0.1, 0.15) is 17.5 Å². The van der Waals surface area contributed by atoms with Crippen molar-refractivity contribution in [2.75, 3.05) is 25.5 Å². The van der Waals surface area contributed by atoms with Gasteiger partial charge in [0.05, 0.1) is 0 Å². The number of nitrogens with zero attached hydrogens (tertiary/aromatic N) is 1. The lowest BCUT2D eigenvalue weighted by molar-refractivity contribution is -0.174.